The maximum absolute atomic E-state index is 12.1. The molecule has 4 nitrogen and oxygen atoms in total. The van der Waals surface area contributed by atoms with Crippen molar-refractivity contribution in [2.75, 3.05) is 13.7 Å². The van der Waals surface area contributed by atoms with Crippen LogP contribution in [-0.4, -0.2) is 41.9 Å². The number of carbonyl (C=O) groups excluding carboxylic acids is 1. The molecule has 1 N–H and O–H groups in total. The highest BCUT2D eigenvalue weighted by Crippen LogP contribution is 2.41. The van der Waals surface area contributed by atoms with Crippen LogP contribution >= 0.6 is 0 Å². The van der Waals surface area contributed by atoms with Gasteiger partial charge in [0.1, 0.15) is 6.10 Å². The van der Waals surface area contributed by atoms with Gasteiger partial charge in [0.25, 0.3) is 0 Å². The van der Waals surface area contributed by atoms with Gasteiger partial charge in [-0.25, -0.2) is 0 Å². The van der Waals surface area contributed by atoms with Crippen LogP contribution in [0.25, 0.3) is 0 Å². The van der Waals surface area contributed by atoms with Crippen LogP contribution in [-0.2, 0) is 14.3 Å². The Morgan fingerprint density at radius 2 is 2.05 bits per heavy atom. The number of hydrogen-bond donors (Lipinski definition) is 1. The summed E-state index contributed by atoms with van der Waals surface area (Å²) in [7, 11) is 1.53. The molecule has 0 radical (unpaired) electrons. The standard InChI is InChI=1S/C17H32O4/c1-12(2)8-7-11-21-16(3,4)15-14(20-6)13(18)9-10-17(15,5)19/h12,14-15,19H,7-11H2,1-6H3/t14-,15-,17-/m1/s1. The van der Waals surface area contributed by atoms with Gasteiger partial charge in [0.2, 0.25) is 0 Å². The zero-order chi connectivity index (χ0) is 16.3. The lowest BCUT2D eigenvalue weighted by Gasteiger charge is -2.48. The van der Waals surface area contributed by atoms with Gasteiger partial charge < -0.3 is 14.6 Å². The van der Waals surface area contributed by atoms with Crippen LogP contribution in [0.2, 0.25) is 0 Å². The van der Waals surface area contributed by atoms with Crippen molar-refractivity contribution in [3.63, 3.8) is 0 Å². The molecule has 3 atom stereocenters. The second kappa shape index (κ2) is 7.21. The van der Waals surface area contributed by atoms with E-state index in [2.05, 4.69) is 13.8 Å². The van der Waals surface area contributed by atoms with E-state index in [1.54, 1.807) is 6.92 Å². The van der Waals surface area contributed by atoms with E-state index in [0.29, 0.717) is 25.4 Å². The van der Waals surface area contributed by atoms with Gasteiger partial charge in [-0.1, -0.05) is 13.8 Å². The molecule has 1 fully saturated rings. The molecule has 0 aromatic rings. The van der Waals surface area contributed by atoms with E-state index < -0.39 is 17.3 Å². The molecule has 4 heteroatoms. The predicted molar refractivity (Wildman–Crippen MR) is 83.3 cm³/mol. The molecule has 0 unspecified atom stereocenters. The summed E-state index contributed by atoms with van der Waals surface area (Å²) >= 11 is 0. The summed E-state index contributed by atoms with van der Waals surface area (Å²) in [5.74, 6) is 0.367. The first kappa shape index (κ1) is 18.6. The second-order valence-corrected chi connectivity index (χ2v) is 7.45. The first-order chi connectivity index (χ1) is 9.62. The van der Waals surface area contributed by atoms with Gasteiger partial charge >= 0.3 is 0 Å². The van der Waals surface area contributed by atoms with Crippen molar-refractivity contribution in [2.24, 2.45) is 11.8 Å². The highest BCUT2D eigenvalue weighted by molar-refractivity contribution is 5.84. The van der Waals surface area contributed by atoms with E-state index in [9.17, 15) is 9.90 Å². The molecule has 0 saturated heterocycles. The van der Waals surface area contributed by atoms with Crippen molar-refractivity contribution >= 4 is 5.78 Å². The normalized spacial score (nSPS) is 31.0. The molecule has 0 spiro atoms. The Balaban J connectivity index is 2.77. The Morgan fingerprint density at radius 1 is 1.43 bits per heavy atom. The van der Waals surface area contributed by atoms with E-state index in [-0.39, 0.29) is 11.7 Å². The zero-order valence-corrected chi connectivity index (χ0v) is 14.4. The third kappa shape index (κ3) is 4.76. The minimum Gasteiger partial charge on any atom is -0.390 e. The van der Waals surface area contributed by atoms with Crippen LogP contribution < -0.4 is 0 Å². The topological polar surface area (TPSA) is 55.8 Å². The molecule has 0 aromatic heterocycles. The van der Waals surface area contributed by atoms with Crippen LogP contribution in [0.15, 0.2) is 0 Å². The Bertz CT molecular complexity index is 347. The maximum atomic E-state index is 12.1. The van der Waals surface area contributed by atoms with Gasteiger partial charge in [-0.3, -0.25) is 4.79 Å². The van der Waals surface area contributed by atoms with E-state index in [4.69, 9.17) is 9.47 Å². The number of hydrogen-bond acceptors (Lipinski definition) is 4. The van der Waals surface area contributed by atoms with Crippen molar-refractivity contribution in [2.45, 2.75) is 77.6 Å². The lowest BCUT2D eigenvalue weighted by molar-refractivity contribution is -0.196. The number of ether oxygens (including phenoxy) is 2. The summed E-state index contributed by atoms with van der Waals surface area (Å²) < 4.78 is 11.4. The number of aliphatic hydroxyl groups is 1. The summed E-state index contributed by atoms with van der Waals surface area (Å²) in [5, 5.41) is 10.7. The summed E-state index contributed by atoms with van der Waals surface area (Å²) in [5.41, 5.74) is -1.55. The molecule has 0 amide bonds. The van der Waals surface area contributed by atoms with Gasteiger partial charge in [-0.2, -0.15) is 0 Å². The molecule has 124 valence electrons. The molecule has 0 heterocycles. The Hall–Kier alpha value is -0.450. The van der Waals surface area contributed by atoms with Gasteiger partial charge in [-0.15, -0.1) is 0 Å². The molecule has 0 bridgehead atoms. The molecular weight excluding hydrogens is 268 g/mol. The monoisotopic (exact) mass is 300 g/mol. The molecule has 1 aliphatic rings. The fourth-order valence-corrected chi connectivity index (χ4v) is 3.48. The fraction of sp³-hybridized carbons (Fsp3) is 0.941. The van der Waals surface area contributed by atoms with Crippen LogP contribution in [0.4, 0.5) is 0 Å². The quantitative estimate of drug-likeness (QED) is 0.734. The molecule has 1 saturated carbocycles. The van der Waals surface area contributed by atoms with Gasteiger partial charge in [0, 0.05) is 26.1 Å². The van der Waals surface area contributed by atoms with Gasteiger partial charge in [0.05, 0.1) is 11.2 Å². The van der Waals surface area contributed by atoms with Gasteiger partial charge in [-0.05, 0) is 46.0 Å². The Morgan fingerprint density at radius 3 is 2.57 bits per heavy atom. The molecule has 21 heavy (non-hydrogen) atoms. The zero-order valence-electron chi connectivity index (χ0n) is 14.4. The van der Waals surface area contributed by atoms with E-state index >= 15 is 0 Å². The second-order valence-electron chi connectivity index (χ2n) is 7.45. The molecule has 1 aliphatic carbocycles. The highest BCUT2D eigenvalue weighted by Gasteiger charge is 2.53. The third-order valence-electron chi connectivity index (χ3n) is 4.57. The van der Waals surface area contributed by atoms with Crippen LogP contribution in [0.1, 0.15) is 60.3 Å². The first-order valence-corrected chi connectivity index (χ1v) is 8.03. The average molecular weight is 300 g/mol. The van der Waals surface area contributed by atoms with Crippen molar-refractivity contribution in [3.05, 3.63) is 0 Å². The largest absolute Gasteiger partial charge is 0.390 e. The third-order valence-corrected chi connectivity index (χ3v) is 4.57. The lowest BCUT2D eigenvalue weighted by atomic mass is 9.67. The number of rotatable bonds is 7. The van der Waals surface area contributed by atoms with E-state index in [0.717, 1.165) is 12.8 Å². The summed E-state index contributed by atoms with van der Waals surface area (Å²) in [4.78, 5) is 12.1. The van der Waals surface area contributed by atoms with Gasteiger partial charge in [0.15, 0.2) is 5.78 Å². The van der Waals surface area contributed by atoms with E-state index in [1.165, 1.54) is 7.11 Å². The SMILES string of the molecule is CO[C@@H]1C(=O)CC[C@@](C)(O)[C@H]1C(C)(C)OCCCC(C)C. The predicted octanol–water partition coefficient (Wildman–Crippen LogP) is 2.96. The number of carbonyl (C=O) groups is 1. The number of Topliss-reactive ketones (excluding diaryl/α,β-unsaturated/α-hetero) is 1. The maximum Gasteiger partial charge on any atom is 0.162 e. The number of methoxy groups -OCH3 is 1. The molecule has 1 rings (SSSR count). The molecule has 0 aromatic carbocycles. The Labute approximate surface area is 129 Å². The van der Waals surface area contributed by atoms with Crippen molar-refractivity contribution in [1.82, 2.24) is 0 Å². The van der Waals surface area contributed by atoms with E-state index in [1.807, 2.05) is 13.8 Å². The minimum absolute atomic E-state index is 0.0629. The fourth-order valence-electron chi connectivity index (χ4n) is 3.48. The summed E-state index contributed by atoms with van der Waals surface area (Å²) in [6.45, 7) is 10.7. The van der Waals surface area contributed by atoms with Crippen molar-refractivity contribution in [1.29, 1.82) is 0 Å². The van der Waals surface area contributed by atoms with Crippen LogP contribution in [0.5, 0.6) is 0 Å². The first-order valence-electron chi connectivity index (χ1n) is 8.03. The lowest BCUT2D eigenvalue weighted by Crippen LogP contribution is -2.60. The average Bonchev–Trinajstić information content (AvgIpc) is 2.36. The van der Waals surface area contributed by atoms with Crippen molar-refractivity contribution < 1.29 is 19.4 Å². The number of ketones is 1. The highest BCUT2D eigenvalue weighted by atomic mass is 16.5. The molecule has 0 aliphatic heterocycles. The van der Waals surface area contributed by atoms with Crippen molar-refractivity contribution in [3.8, 4) is 0 Å². The summed E-state index contributed by atoms with van der Waals surface area (Å²) in [6, 6.07) is 0. The summed E-state index contributed by atoms with van der Waals surface area (Å²) in [6.07, 6.45) is 2.35. The van der Waals surface area contributed by atoms with Crippen LogP contribution in [0, 0.1) is 11.8 Å². The smallest absolute Gasteiger partial charge is 0.162 e. The minimum atomic E-state index is -0.948. The Kier molecular flexibility index (Phi) is 6.38. The van der Waals surface area contributed by atoms with Crippen LogP contribution in [0.3, 0.4) is 0 Å². The molecular formula is C17H32O4.